The van der Waals surface area contributed by atoms with Crippen molar-refractivity contribution >= 4 is 39.4 Å². The van der Waals surface area contributed by atoms with Crippen molar-refractivity contribution in [2.45, 2.75) is 19.3 Å². The Morgan fingerprint density at radius 2 is 2.00 bits per heavy atom. The van der Waals surface area contributed by atoms with Gasteiger partial charge in [-0.3, -0.25) is 9.59 Å². The van der Waals surface area contributed by atoms with Crippen LogP contribution in [-0.2, 0) is 4.79 Å². The Hall–Kier alpha value is -1.07. The van der Waals surface area contributed by atoms with Crippen LogP contribution >= 0.6 is 27.5 Å². The van der Waals surface area contributed by atoms with E-state index >= 15 is 0 Å². The number of aliphatic carboxylic acids is 1. The van der Waals surface area contributed by atoms with Crippen molar-refractivity contribution in [1.29, 1.82) is 0 Å². The summed E-state index contributed by atoms with van der Waals surface area (Å²) in [5.74, 6) is -0.624. The lowest BCUT2D eigenvalue weighted by Gasteiger charge is -2.31. The van der Waals surface area contributed by atoms with E-state index in [1.165, 1.54) is 0 Å². The van der Waals surface area contributed by atoms with E-state index in [2.05, 4.69) is 15.9 Å². The first-order chi connectivity index (χ1) is 9.47. The van der Waals surface area contributed by atoms with Crippen molar-refractivity contribution in [3.8, 4) is 0 Å². The lowest BCUT2D eigenvalue weighted by molar-refractivity contribution is -0.138. The maximum Gasteiger partial charge on any atom is 0.303 e. The zero-order valence-electron chi connectivity index (χ0n) is 10.8. The molecular weight excluding hydrogens is 346 g/mol. The topological polar surface area (TPSA) is 57.6 Å². The van der Waals surface area contributed by atoms with Crippen LogP contribution in [0.25, 0.3) is 0 Å². The lowest BCUT2D eigenvalue weighted by atomic mass is 9.93. The molecule has 108 valence electrons. The number of benzene rings is 1. The molecule has 0 radical (unpaired) electrons. The normalized spacial score (nSPS) is 16.2. The van der Waals surface area contributed by atoms with E-state index in [1.807, 2.05) is 0 Å². The van der Waals surface area contributed by atoms with Crippen LogP contribution in [0.3, 0.4) is 0 Å². The van der Waals surface area contributed by atoms with Crippen molar-refractivity contribution in [1.82, 2.24) is 4.90 Å². The van der Waals surface area contributed by atoms with Crippen molar-refractivity contribution in [2.24, 2.45) is 5.92 Å². The van der Waals surface area contributed by atoms with Gasteiger partial charge in [-0.1, -0.05) is 11.6 Å². The number of hydrogen-bond donors (Lipinski definition) is 1. The molecule has 4 nitrogen and oxygen atoms in total. The molecule has 1 heterocycles. The van der Waals surface area contributed by atoms with Gasteiger partial charge in [-0.2, -0.15) is 0 Å². The van der Waals surface area contributed by atoms with E-state index in [1.54, 1.807) is 23.1 Å². The Bertz CT molecular complexity index is 527. The maximum atomic E-state index is 12.3. The van der Waals surface area contributed by atoms with Gasteiger partial charge in [0.25, 0.3) is 5.91 Å². The molecule has 1 aliphatic rings. The summed E-state index contributed by atoms with van der Waals surface area (Å²) in [6.07, 6.45) is 1.67. The van der Waals surface area contributed by atoms with Gasteiger partial charge in [-0.25, -0.2) is 0 Å². The predicted molar refractivity (Wildman–Crippen MR) is 80.0 cm³/mol. The number of carboxylic acid groups (broad SMARTS) is 1. The first-order valence-corrected chi connectivity index (χ1v) is 7.60. The number of carboxylic acids is 1. The van der Waals surface area contributed by atoms with Crippen LogP contribution in [0.5, 0.6) is 0 Å². The molecule has 0 saturated carbocycles. The van der Waals surface area contributed by atoms with Crippen molar-refractivity contribution in [2.75, 3.05) is 13.1 Å². The summed E-state index contributed by atoms with van der Waals surface area (Å²) in [6, 6.07) is 5.11. The third kappa shape index (κ3) is 3.73. The summed E-state index contributed by atoms with van der Waals surface area (Å²) in [6.45, 7) is 1.22. The monoisotopic (exact) mass is 359 g/mol. The summed E-state index contributed by atoms with van der Waals surface area (Å²) >= 11 is 9.22. The summed E-state index contributed by atoms with van der Waals surface area (Å²) in [5.41, 5.74) is 0.595. The second-order valence-corrected chi connectivity index (χ2v) is 6.22. The Kier molecular flexibility index (Phi) is 5.05. The minimum absolute atomic E-state index is 0.0314. The zero-order chi connectivity index (χ0) is 14.7. The largest absolute Gasteiger partial charge is 0.481 e. The molecule has 1 aromatic rings. The van der Waals surface area contributed by atoms with Gasteiger partial charge >= 0.3 is 5.97 Å². The second kappa shape index (κ2) is 6.59. The van der Waals surface area contributed by atoms with Crippen LogP contribution in [0.15, 0.2) is 22.7 Å². The molecule has 1 N–H and O–H groups in total. The number of piperidine rings is 1. The number of carbonyl (C=O) groups excluding carboxylic acids is 1. The van der Waals surface area contributed by atoms with Gasteiger partial charge in [0.2, 0.25) is 0 Å². The average Bonchev–Trinajstić information content (AvgIpc) is 2.41. The smallest absolute Gasteiger partial charge is 0.303 e. The number of rotatable bonds is 3. The molecule has 0 bridgehead atoms. The molecule has 1 saturated heterocycles. The fourth-order valence-corrected chi connectivity index (χ4v) is 2.90. The molecular formula is C14H15BrClNO3. The highest BCUT2D eigenvalue weighted by atomic mass is 79.9. The standard InChI is InChI=1S/C14H15BrClNO3/c15-11-8-10(1-2-12(11)16)14(20)17-5-3-9(4-6-17)7-13(18)19/h1-2,8-9H,3-7H2,(H,18,19). The van der Waals surface area contributed by atoms with Gasteiger partial charge < -0.3 is 10.0 Å². The van der Waals surface area contributed by atoms with Gasteiger partial charge in [-0.05, 0) is 52.9 Å². The SMILES string of the molecule is O=C(O)CC1CCN(C(=O)c2ccc(Cl)c(Br)c2)CC1. The Morgan fingerprint density at radius 1 is 1.35 bits per heavy atom. The molecule has 2 rings (SSSR count). The van der Waals surface area contributed by atoms with Crippen LogP contribution in [-0.4, -0.2) is 35.0 Å². The molecule has 1 amide bonds. The van der Waals surface area contributed by atoms with E-state index in [0.717, 1.165) is 12.8 Å². The van der Waals surface area contributed by atoms with Crippen molar-refractivity contribution in [3.05, 3.63) is 33.3 Å². The highest BCUT2D eigenvalue weighted by molar-refractivity contribution is 9.10. The summed E-state index contributed by atoms with van der Waals surface area (Å²) < 4.78 is 0.700. The number of likely N-dealkylation sites (tertiary alicyclic amines) is 1. The number of hydrogen-bond acceptors (Lipinski definition) is 2. The third-order valence-corrected chi connectivity index (χ3v) is 4.75. The first kappa shape index (κ1) is 15.3. The minimum Gasteiger partial charge on any atom is -0.481 e. The highest BCUT2D eigenvalue weighted by Gasteiger charge is 2.25. The number of nitrogens with zero attached hydrogens (tertiary/aromatic N) is 1. The molecule has 20 heavy (non-hydrogen) atoms. The van der Waals surface area contributed by atoms with Gasteiger partial charge in [0.05, 0.1) is 5.02 Å². The number of amides is 1. The molecule has 0 aromatic heterocycles. The molecule has 0 spiro atoms. The van der Waals surface area contributed by atoms with Crippen LogP contribution in [0.2, 0.25) is 5.02 Å². The average molecular weight is 361 g/mol. The maximum absolute atomic E-state index is 12.3. The van der Waals surface area contributed by atoms with Crippen LogP contribution in [0.4, 0.5) is 0 Å². The second-order valence-electron chi connectivity index (χ2n) is 4.96. The van der Waals surface area contributed by atoms with E-state index in [0.29, 0.717) is 28.1 Å². The molecule has 1 aromatic carbocycles. The Labute approximate surface area is 130 Å². The van der Waals surface area contributed by atoms with Gasteiger partial charge in [0, 0.05) is 29.5 Å². The number of carbonyl (C=O) groups is 2. The highest BCUT2D eigenvalue weighted by Crippen LogP contribution is 2.26. The van der Waals surface area contributed by atoms with Gasteiger partial charge in [0.15, 0.2) is 0 Å². The predicted octanol–water partition coefficient (Wildman–Crippen LogP) is 3.43. The van der Waals surface area contributed by atoms with Crippen LogP contribution in [0.1, 0.15) is 29.6 Å². The molecule has 6 heteroatoms. The fraction of sp³-hybridized carbons (Fsp3) is 0.429. The first-order valence-electron chi connectivity index (χ1n) is 6.43. The Balaban J connectivity index is 1.97. The van der Waals surface area contributed by atoms with E-state index in [9.17, 15) is 9.59 Å². The molecule has 1 aliphatic heterocycles. The van der Waals surface area contributed by atoms with E-state index in [4.69, 9.17) is 16.7 Å². The quantitative estimate of drug-likeness (QED) is 0.898. The van der Waals surface area contributed by atoms with E-state index < -0.39 is 5.97 Å². The molecule has 1 fully saturated rings. The third-order valence-electron chi connectivity index (χ3n) is 3.53. The summed E-state index contributed by atoms with van der Waals surface area (Å²) in [4.78, 5) is 24.8. The van der Waals surface area contributed by atoms with Crippen molar-refractivity contribution < 1.29 is 14.7 Å². The van der Waals surface area contributed by atoms with Crippen LogP contribution in [0, 0.1) is 5.92 Å². The van der Waals surface area contributed by atoms with Crippen LogP contribution < -0.4 is 0 Å². The van der Waals surface area contributed by atoms with E-state index in [-0.39, 0.29) is 18.2 Å². The summed E-state index contributed by atoms with van der Waals surface area (Å²) in [5, 5.41) is 9.35. The number of halogens is 2. The van der Waals surface area contributed by atoms with Gasteiger partial charge in [-0.15, -0.1) is 0 Å². The van der Waals surface area contributed by atoms with Crippen molar-refractivity contribution in [3.63, 3.8) is 0 Å². The van der Waals surface area contributed by atoms with Gasteiger partial charge in [0.1, 0.15) is 0 Å². The lowest BCUT2D eigenvalue weighted by Crippen LogP contribution is -2.38. The molecule has 0 atom stereocenters. The molecule has 0 unspecified atom stereocenters. The minimum atomic E-state index is -0.767. The summed E-state index contributed by atoms with van der Waals surface area (Å²) in [7, 11) is 0. The fourth-order valence-electron chi connectivity index (χ4n) is 2.40. The molecule has 0 aliphatic carbocycles. The zero-order valence-corrected chi connectivity index (χ0v) is 13.2. The Morgan fingerprint density at radius 3 is 2.55 bits per heavy atom.